The molecule has 7 nitrogen and oxygen atoms in total. The molecule has 21 heavy (non-hydrogen) atoms. The van der Waals surface area contributed by atoms with Crippen LogP contribution in [-0.2, 0) is 10.0 Å². The number of sulfonamides is 1. The number of nitrogens with one attached hydrogen (secondary N) is 2. The van der Waals surface area contributed by atoms with Gasteiger partial charge >= 0.3 is 0 Å². The second-order valence-corrected chi connectivity index (χ2v) is 7.14. The zero-order valence-electron chi connectivity index (χ0n) is 12.4. The fraction of sp³-hybridized carbons (Fsp3) is 0.385. The Morgan fingerprint density at radius 3 is 2.38 bits per heavy atom. The Morgan fingerprint density at radius 1 is 1.29 bits per heavy atom. The van der Waals surface area contributed by atoms with E-state index in [2.05, 4.69) is 10.0 Å². The maximum atomic E-state index is 12.2. The van der Waals surface area contributed by atoms with Gasteiger partial charge in [-0.25, -0.2) is 13.1 Å². The van der Waals surface area contributed by atoms with Crippen molar-refractivity contribution in [2.75, 3.05) is 7.05 Å². The Morgan fingerprint density at radius 2 is 1.90 bits per heavy atom. The summed E-state index contributed by atoms with van der Waals surface area (Å²) < 4.78 is 26.8. The van der Waals surface area contributed by atoms with Crippen LogP contribution in [0.1, 0.15) is 26.3 Å². The largest absolute Gasteiger partial charge is 0.394 e. The van der Waals surface area contributed by atoms with Crippen molar-refractivity contribution in [1.82, 2.24) is 10.0 Å². The summed E-state index contributed by atoms with van der Waals surface area (Å²) in [5.41, 5.74) is -0.611. The molecule has 0 aliphatic heterocycles. The molecule has 1 aromatic carbocycles. The van der Waals surface area contributed by atoms with Crippen molar-refractivity contribution in [2.24, 2.45) is 0 Å². The van der Waals surface area contributed by atoms with Crippen molar-refractivity contribution in [3.8, 4) is 0 Å². The minimum atomic E-state index is -3.81. The van der Waals surface area contributed by atoms with Crippen LogP contribution >= 0.6 is 0 Å². The fourth-order valence-electron chi connectivity index (χ4n) is 1.62. The van der Waals surface area contributed by atoms with Gasteiger partial charge < -0.3 is 5.32 Å². The highest BCUT2D eigenvalue weighted by Crippen LogP contribution is 2.24. The standard InChI is InChI=1S/C13H19N3O4S/c1-13(2,3)15-21(19,20)11-6-5-10(7-8-14-4)12(9-11)16(17)18/h5-9,14-15H,1-4H3/b8-7+. The third-order valence-electron chi connectivity index (χ3n) is 2.38. The van der Waals surface area contributed by atoms with Gasteiger partial charge in [-0.05, 0) is 45.2 Å². The maximum absolute atomic E-state index is 12.2. The van der Waals surface area contributed by atoms with Gasteiger partial charge in [0.1, 0.15) is 0 Å². The first-order valence-electron chi connectivity index (χ1n) is 6.23. The van der Waals surface area contributed by atoms with Gasteiger partial charge in [0.15, 0.2) is 0 Å². The van der Waals surface area contributed by atoms with E-state index in [1.165, 1.54) is 24.4 Å². The molecule has 8 heteroatoms. The molecule has 2 N–H and O–H groups in total. The lowest BCUT2D eigenvalue weighted by atomic mass is 10.1. The van der Waals surface area contributed by atoms with Gasteiger partial charge in [-0.2, -0.15) is 0 Å². The number of nitro groups is 1. The van der Waals surface area contributed by atoms with Crippen LogP contribution in [0.2, 0.25) is 0 Å². The van der Waals surface area contributed by atoms with Gasteiger partial charge in [-0.15, -0.1) is 0 Å². The Hall–Kier alpha value is -1.93. The van der Waals surface area contributed by atoms with Crippen molar-refractivity contribution in [2.45, 2.75) is 31.2 Å². The molecule has 0 saturated heterocycles. The smallest absolute Gasteiger partial charge is 0.277 e. The first kappa shape index (κ1) is 17.1. The first-order valence-corrected chi connectivity index (χ1v) is 7.71. The summed E-state index contributed by atoms with van der Waals surface area (Å²) in [6.07, 6.45) is 3.04. The summed E-state index contributed by atoms with van der Waals surface area (Å²) in [7, 11) is -2.14. The molecule has 1 aromatic rings. The first-order chi connectivity index (χ1) is 9.57. The molecule has 0 radical (unpaired) electrons. The molecule has 0 spiro atoms. The third-order valence-corrected chi connectivity index (χ3v) is 4.13. The summed E-state index contributed by atoms with van der Waals surface area (Å²) in [6, 6.07) is 3.81. The topological polar surface area (TPSA) is 101 Å². The molecule has 0 aromatic heterocycles. The number of hydrogen-bond donors (Lipinski definition) is 2. The summed E-state index contributed by atoms with van der Waals surface area (Å²) >= 11 is 0. The summed E-state index contributed by atoms with van der Waals surface area (Å²) in [6.45, 7) is 5.09. The highest BCUT2D eigenvalue weighted by Gasteiger charge is 2.24. The average Bonchev–Trinajstić information content (AvgIpc) is 2.33. The van der Waals surface area contributed by atoms with Crippen LogP contribution in [0, 0.1) is 10.1 Å². The molecule has 0 heterocycles. The molecule has 0 fully saturated rings. The zero-order chi connectivity index (χ0) is 16.3. The molecular formula is C13H19N3O4S. The molecule has 0 aliphatic carbocycles. The fourth-order valence-corrected chi connectivity index (χ4v) is 3.06. The highest BCUT2D eigenvalue weighted by molar-refractivity contribution is 7.89. The van der Waals surface area contributed by atoms with Crippen molar-refractivity contribution in [3.05, 3.63) is 40.1 Å². The van der Waals surface area contributed by atoms with Gasteiger partial charge in [0, 0.05) is 18.7 Å². The van der Waals surface area contributed by atoms with E-state index in [4.69, 9.17) is 0 Å². The molecule has 0 aliphatic rings. The van der Waals surface area contributed by atoms with Crippen LogP contribution in [0.3, 0.4) is 0 Å². The number of benzene rings is 1. The van der Waals surface area contributed by atoms with Crippen LogP contribution in [0.25, 0.3) is 6.08 Å². The highest BCUT2D eigenvalue weighted by atomic mass is 32.2. The lowest BCUT2D eigenvalue weighted by Gasteiger charge is -2.20. The molecule has 0 bridgehead atoms. The Bertz CT molecular complexity index is 660. The molecule has 0 atom stereocenters. The Balaban J connectivity index is 3.32. The van der Waals surface area contributed by atoms with E-state index in [0.29, 0.717) is 5.56 Å². The summed E-state index contributed by atoms with van der Waals surface area (Å²) in [4.78, 5) is 10.3. The summed E-state index contributed by atoms with van der Waals surface area (Å²) in [5, 5.41) is 13.8. The van der Waals surface area contributed by atoms with Crippen molar-refractivity contribution >= 4 is 21.8 Å². The van der Waals surface area contributed by atoms with E-state index in [0.717, 1.165) is 6.07 Å². The van der Waals surface area contributed by atoms with Crippen LogP contribution in [0.15, 0.2) is 29.3 Å². The number of hydrogen-bond acceptors (Lipinski definition) is 5. The normalized spacial score (nSPS) is 12.6. The molecule has 1 rings (SSSR count). The van der Waals surface area contributed by atoms with E-state index in [1.54, 1.807) is 27.8 Å². The van der Waals surface area contributed by atoms with Crippen LogP contribution in [-0.4, -0.2) is 25.9 Å². The van der Waals surface area contributed by atoms with Gasteiger partial charge in [0.05, 0.1) is 15.4 Å². The van der Waals surface area contributed by atoms with E-state index < -0.39 is 20.5 Å². The van der Waals surface area contributed by atoms with E-state index in [-0.39, 0.29) is 10.6 Å². The minimum Gasteiger partial charge on any atom is -0.394 e. The molecule has 0 amide bonds. The van der Waals surface area contributed by atoms with Crippen LogP contribution in [0.4, 0.5) is 5.69 Å². The maximum Gasteiger partial charge on any atom is 0.277 e. The van der Waals surface area contributed by atoms with Gasteiger partial charge in [-0.1, -0.05) is 0 Å². The lowest BCUT2D eigenvalue weighted by molar-refractivity contribution is -0.385. The second kappa shape index (κ2) is 6.23. The predicted octanol–water partition coefficient (Wildman–Crippen LogP) is 1.86. The van der Waals surface area contributed by atoms with Crippen LogP contribution < -0.4 is 10.0 Å². The molecule has 0 unspecified atom stereocenters. The molecular weight excluding hydrogens is 294 g/mol. The molecule has 0 saturated carbocycles. The van der Waals surface area contributed by atoms with Gasteiger partial charge in [-0.3, -0.25) is 10.1 Å². The van der Waals surface area contributed by atoms with E-state index in [9.17, 15) is 18.5 Å². The number of rotatable bonds is 5. The summed E-state index contributed by atoms with van der Waals surface area (Å²) in [5.74, 6) is 0. The van der Waals surface area contributed by atoms with Gasteiger partial charge in [0.2, 0.25) is 10.0 Å². The quantitative estimate of drug-likeness (QED) is 0.638. The second-order valence-electron chi connectivity index (χ2n) is 5.46. The Kier molecular flexibility index (Phi) is 5.08. The monoisotopic (exact) mass is 313 g/mol. The van der Waals surface area contributed by atoms with E-state index in [1.807, 2.05) is 0 Å². The third kappa shape index (κ3) is 4.83. The van der Waals surface area contributed by atoms with Gasteiger partial charge in [0.25, 0.3) is 5.69 Å². The van der Waals surface area contributed by atoms with E-state index >= 15 is 0 Å². The van der Waals surface area contributed by atoms with Crippen LogP contribution in [0.5, 0.6) is 0 Å². The van der Waals surface area contributed by atoms with Crippen molar-refractivity contribution < 1.29 is 13.3 Å². The lowest BCUT2D eigenvalue weighted by Crippen LogP contribution is -2.40. The minimum absolute atomic E-state index is 0.134. The molecule has 116 valence electrons. The number of nitro benzene ring substituents is 1. The van der Waals surface area contributed by atoms with Crippen molar-refractivity contribution in [1.29, 1.82) is 0 Å². The predicted molar refractivity (Wildman–Crippen MR) is 81.3 cm³/mol. The zero-order valence-corrected chi connectivity index (χ0v) is 13.2. The van der Waals surface area contributed by atoms with Crippen molar-refractivity contribution in [3.63, 3.8) is 0 Å². The average molecular weight is 313 g/mol. The Labute approximate surface area is 124 Å². The SMILES string of the molecule is CN/C=C/c1ccc(S(=O)(=O)NC(C)(C)C)cc1[N+](=O)[O-]. The number of nitrogens with zero attached hydrogens (tertiary/aromatic N) is 1.